The summed E-state index contributed by atoms with van der Waals surface area (Å²) in [7, 11) is 0. The minimum Gasteiger partial charge on any atom is -0.462 e. The molecule has 2 aromatic carbocycles. The Kier molecular flexibility index (Phi) is 5.74. The number of aryl methyl sites for hydroxylation is 1. The molecule has 0 amide bonds. The van der Waals surface area contributed by atoms with Crippen molar-refractivity contribution in [2.75, 3.05) is 6.61 Å². The number of pyridine rings is 1. The molecule has 7 heteroatoms. The molecule has 0 N–H and O–H groups in total. The largest absolute Gasteiger partial charge is 0.462 e. The number of aromatic nitrogens is 1. The fraction of sp³-hybridized carbons (Fsp3) is 0.227. The van der Waals surface area contributed by atoms with Gasteiger partial charge in [0.25, 0.3) is 0 Å². The van der Waals surface area contributed by atoms with Crippen molar-refractivity contribution in [3.63, 3.8) is 0 Å². The van der Waals surface area contributed by atoms with Crippen molar-refractivity contribution >= 4 is 16.9 Å². The molecule has 1 aromatic heterocycles. The van der Waals surface area contributed by atoms with E-state index in [1.807, 2.05) is 6.07 Å². The molecular weight excluding hydrogens is 378 g/mol. The molecule has 3 rings (SSSR count). The average Bonchev–Trinajstić information content (AvgIpc) is 2.72. The molecule has 0 saturated heterocycles. The summed E-state index contributed by atoms with van der Waals surface area (Å²) in [5.74, 6) is -4.06. The number of nitriles is 1. The highest BCUT2D eigenvalue weighted by Gasteiger charge is 2.27. The third-order valence-electron chi connectivity index (χ3n) is 4.68. The lowest BCUT2D eigenvalue weighted by Crippen LogP contribution is -2.22. The molecule has 0 radical (unpaired) electrons. The van der Waals surface area contributed by atoms with Gasteiger partial charge in [-0.1, -0.05) is 30.3 Å². The van der Waals surface area contributed by atoms with E-state index < -0.39 is 34.5 Å². The topological polar surface area (TPSA) is 72.1 Å². The van der Waals surface area contributed by atoms with Gasteiger partial charge in [0, 0.05) is 18.3 Å². The zero-order valence-corrected chi connectivity index (χ0v) is 15.9. The zero-order chi connectivity index (χ0) is 21.1. The van der Waals surface area contributed by atoms with E-state index in [1.165, 1.54) is 10.8 Å². The second kappa shape index (κ2) is 8.23. The lowest BCUT2D eigenvalue weighted by Gasteiger charge is -2.17. The van der Waals surface area contributed by atoms with Crippen LogP contribution >= 0.6 is 0 Å². The van der Waals surface area contributed by atoms with Gasteiger partial charge in [-0.2, -0.15) is 5.26 Å². The molecule has 1 atom stereocenters. The Labute approximate surface area is 165 Å². The SMILES string of the molecule is CCOC(=O)c1cn(CC)c2c(F)c(C(C#N)c3ccccc3)c(F)cc2c1=O. The van der Waals surface area contributed by atoms with Crippen molar-refractivity contribution in [2.24, 2.45) is 0 Å². The van der Waals surface area contributed by atoms with Gasteiger partial charge in [-0.25, -0.2) is 13.6 Å². The van der Waals surface area contributed by atoms with Crippen LogP contribution in [0.25, 0.3) is 10.9 Å². The molecule has 0 aliphatic carbocycles. The maximum absolute atomic E-state index is 15.5. The number of carbonyl (C=O) groups excluding carboxylic acids is 1. The molecule has 29 heavy (non-hydrogen) atoms. The second-order valence-electron chi connectivity index (χ2n) is 6.33. The maximum Gasteiger partial charge on any atom is 0.343 e. The second-order valence-corrected chi connectivity index (χ2v) is 6.33. The van der Waals surface area contributed by atoms with Crippen molar-refractivity contribution < 1.29 is 18.3 Å². The predicted molar refractivity (Wildman–Crippen MR) is 104 cm³/mol. The Morgan fingerprint density at radius 3 is 2.52 bits per heavy atom. The molecule has 0 bridgehead atoms. The first-order chi connectivity index (χ1) is 13.9. The monoisotopic (exact) mass is 396 g/mol. The maximum atomic E-state index is 15.5. The number of carbonyl (C=O) groups is 1. The number of benzene rings is 2. The summed E-state index contributed by atoms with van der Waals surface area (Å²) in [5.41, 5.74) is -1.27. The highest BCUT2D eigenvalue weighted by molar-refractivity contribution is 5.94. The number of rotatable bonds is 5. The van der Waals surface area contributed by atoms with Gasteiger partial charge in [0.1, 0.15) is 17.3 Å². The fourth-order valence-electron chi connectivity index (χ4n) is 3.32. The first-order valence-electron chi connectivity index (χ1n) is 9.11. The number of fused-ring (bicyclic) bond motifs is 1. The summed E-state index contributed by atoms with van der Waals surface area (Å²) in [6.07, 6.45) is 1.21. The summed E-state index contributed by atoms with van der Waals surface area (Å²) in [6.45, 7) is 3.56. The summed E-state index contributed by atoms with van der Waals surface area (Å²) >= 11 is 0. The molecule has 0 spiro atoms. The van der Waals surface area contributed by atoms with Gasteiger partial charge in [-0.05, 0) is 25.5 Å². The third kappa shape index (κ3) is 3.49. The number of nitrogens with zero attached hydrogens (tertiary/aromatic N) is 2. The van der Waals surface area contributed by atoms with E-state index in [4.69, 9.17) is 4.74 Å². The van der Waals surface area contributed by atoms with Crippen LogP contribution in [0.5, 0.6) is 0 Å². The van der Waals surface area contributed by atoms with Crippen LogP contribution in [0.4, 0.5) is 8.78 Å². The van der Waals surface area contributed by atoms with Crippen molar-refractivity contribution in [1.82, 2.24) is 4.57 Å². The molecule has 0 saturated carbocycles. The quantitative estimate of drug-likeness (QED) is 0.608. The molecule has 0 aliphatic heterocycles. The number of halogens is 2. The first-order valence-corrected chi connectivity index (χ1v) is 9.11. The highest BCUT2D eigenvalue weighted by Crippen LogP contribution is 2.32. The predicted octanol–water partition coefficient (Wildman–Crippen LogP) is 4.13. The van der Waals surface area contributed by atoms with Crippen LogP contribution in [0.15, 0.2) is 47.4 Å². The van der Waals surface area contributed by atoms with Crippen LogP contribution in [0.1, 0.15) is 41.3 Å². The standard InChI is InChI=1S/C22H18F2N2O3/c1-3-26-12-16(22(28)29-4-2)21(27)14-10-17(23)18(19(24)20(14)26)15(11-25)13-8-6-5-7-9-13/h5-10,12,15H,3-4H2,1-2H3. The molecular formula is C22H18F2N2O3. The molecule has 1 heterocycles. The van der Waals surface area contributed by atoms with Crippen LogP contribution in [0, 0.1) is 23.0 Å². The number of ether oxygens (including phenoxy) is 1. The van der Waals surface area contributed by atoms with Crippen LogP contribution in [0.3, 0.4) is 0 Å². The van der Waals surface area contributed by atoms with Gasteiger partial charge in [0.15, 0.2) is 5.82 Å². The van der Waals surface area contributed by atoms with Crippen molar-refractivity contribution in [3.05, 3.63) is 81.1 Å². The van der Waals surface area contributed by atoms with E-state index >= 15 is 4.39 Å². The summed E-state index contributed by atoms with van der Waals surface area (Å²) < 4.78 is 36.7. The van der Waals surface area contributed by atoms with Crippen LogP contribution < -0.4 is 5.43 Å². The summed E-state index contributed by atoms with van der Waals surface area (Å²) in [6, 6.07) is 11.1. The van der Waals surface area contributed by atoms with E-state index in [9.17, 15) is 19.2 Å². The van der Waals surface area contributed by atoms with Gasteiger partial charge in [0.05, 0.1) is 23.6 Å². The molecule has 5 nitrogen and oxygen atoms in total. The Hall–Kier alpha value is -3.53. The van der Waals surface area contributed by atoms with Gasteiger partial charge in [-0.3, -0.25) is 4.79 Å². The van der Waals surface area contributed by atoms with Crippen molar-refractivity contribution in [3.8, 4) is 6.07 Å². The fourth-order valence-corrected chi connectivity index (χ4v) is 3.32. The molecule has 0 aliphatic rings. The van der Waals surface area contributed by atoms with E-state index in [0.29, 0.717) is 5.56 Å². The molecule has 3 aromatic rings. The normalized spacial score (nSPS) is 11.8. The van der Waals surface area contributed by atoms with E-state index in [1.54, 1.807) is 44.2 Å². The number of hydrogen-bond donors (Lipinski definition) is 0. The Morgan fingerprint density at radius 2 is 1.93 bits per heavy atom. The van der Waals surface area contributed by atoms with E-state index in [0.717, 1.165) is 6.07 Å². The molecule has 1 unspecified atom stereocenters. The summed E-state index contributed by atoms with van der Waals surface area (Å²) in [4.78, 5) is 24.8. The van der Waals surface area contributed by atoms with E-state index in [-0.39, 0.29) is 29.6 Å². The highest BCUT2D eigenvalue weighted by atomic mass is 19.1. The third-order valence-corrected chi connectivity index (χ3v) is 4.68. The van der Waals surface area contributed by atoms with Gasteiger partial charge in [0.2, 0.25) is 5.43 Å². The molecule has 0 fully saturated rings. The zero-order valence-electron chi connectivity index (χ0n) is 15.9. The van der Waals surface area contributed by atoms with Crippen LogP contribution in [-0.2, 0) is 11.3 Å². The van der Waals surface area contributed by atoms with Crippen molar-refractivity contribution in [1.29, 1.82) is 5.26 Å². The Bertz CT molecular complexity index is 1180. The smallest absolute Gasteiger partial charge is 0.343 e. The first kappa shape index (κ1) is 20.2. The average molecular weight is 396 g/mol. The van der Waals surface area contributed by atoms with Gasteiger partial charge < -0.3 is 9.30 Å². The number of esters is 1. The Balaban J connectivity index is 2.35. The lowest BCUT2D eigenvalue weighted by molar-refractivity contribution is 0.0524. The Morgan fingerprint density at radius 1 is 1.24 bits per heavy atom. The lowest BCUT2D eigenvalue weighted by atomic mass is 9.90. The minimum absolute atomic E-state index is 0.0605. The van der Waals surface area contributed by atoms with E-state index in [2.05, 4.69) is 0 Å². The summed E-state index contributed by atoms with van der Waals surface area (Å²) in [5, 5.41) is 9.32. The van der Waals surface area contributed by atoms with Gasteiger partial charge in [-0.15, -0.1) is 0 Å². The minimum atomic E-state index is -1.19. The van der Waals surface area contributed by atoms with Crippen LogP contribution in [-0.4, -0.2) is 17.1 Å². The van der Waals surface area contributed by atoms with Crippen LogP contribution in [0.2, 0.25) is 0 Å². The number of hydrogen-bond acceptors (Lipinski definition) is 4. The van der Waals surface area contributed by atoms with Crippen molar-refractivity contribution in [2.45, 2.75) is 26.3 Å². The molecule has 148 valence electrons. The van der Waals surface area contributed by atoms with Gasteiger partial charge >= 0.3 is 5.97 Å².